The number of carbonyl (C=O) groups is 1. The van der Waals surface area contributed by atoms with E-state index in [1.807, 2.05) is 0 Å². The number of halogens is 3. The molecule has 0 aliphatic heterocycles. The zero-order valence-electron chi connectivity index (χ0n) is 8.09. The summed E-state index contributed by atoms with van der Waals surface area (Å²) in [6, 6.07) is 0.809. The molecule has 0 aliphatic rings. The first-order valence-electron chi connectivity index (χ1n) is 4.25. The van der Waals surface area contributed by atoms with Crippen molar-refractivity contribution in [2.45, 2.75) is 13.3 Å². The average Bonchev–Trinajstić information content (AvgIpc) is 2.22. The van der Waals surface area contributed by atoms with Crippen molar-refractivity contribution in [3.63, 3.8) is 0 Å². The lowest BCUT2D eigenvalue weighted by atomic mass is 10.1. The molecule has 4 nitrogen and oxygen atoms in total. The number of hydrogen-bond donors (Lipinski definition) is 0. The standard InChI is InChI=1S/C9H6Cl2FNO3/c1-2-6(14)4-3-5(12)8(11)9(7(4)10)13(15)16/h3H,2H2,1H3. The SMILES string of the molecule is CCC(=O)c1cc(F)c(Cl)c([N+](=O)[O-])c1Cl. The molecule has 0 saturated carbocycles. The van der Waals surface area contributed by atoms with Gasteiger partial charge in [0.1, 0.15) is 10.8 Å². The molecule has 0 bridgehead atoms. The van der Waals surface area contributed by atoms with Crippen LogP contribution in [0.2, 0.25) is 10.0 Å². The summed E-state index contributed by atoms with van der Waals surface area (Å²) in [6.45, 7) is 1.54. The minimum absolute atomic E-state index is 0.0674. The summed E-state index contributed by atoms with van der Waals surface area (Å²) in [5, 5.41) is 9.50. The zero-order chi connectivity index (χ0) is 12.5. The molecule has 0 atom stereocenters. The molecule has 86 valence electrons. The van der Waals surface area contributed by atoms with E-state index in [2.05, 4.69) is 0 Å². The maximum Gasteiger partial charge on any atom is 0.310 e. The number of hydrogen-bond acceptors (Lipinski definition) is 3. The molecule has 1 aromatic rings. The second-order valence-electron chi connectivity index (χ2n) is 2.92. The Morgan fingerprint density at radius 3 is 2.50 bits per heavy atom. The Morgan fingerprint density at radius 2 is 2.06 bits per heavy atom. The van der Waals surface area contributed by atoms with E-state index < -0.39 is 32.3 Å². The van der Waals surface area contributed by atoms with Gasteiger partial charge in [0.25, 0.3) is 0 Å². The summed E-state index contributed by atoms with van der Waals surface area (Å²) in [4.78, 5) is 21.1. The number of Topliss-reactive ketones (excluding diaryl/α,β-unsaturated/α-hetero) is 1. The Morgan fingerprint density at radius 1 is 1.50 bits per heavy atom. The molecule has 0 aliphatic carbocycles. The largest absolute Gasteiger partial charge is 0.310 e. The highest BCUT2D eigenvalue weighted by Gasteiger charge is 2.27. The smallest absolute Gasteiger partial charge is 0.294 e. The van der Waals surface area contributed by atoms with Crippen LogP contribution in [0, 0.1) is 15.9 Å². The van der Waals surface area contributed by atoms with Crippen LogP contribution in [-0.4, -0.2) is 10.7 Å². The van der Waals surface area contributed by atoms with E-state index in [1.165, 1.54) is 6.92 Å². The van der Waals surface area contributed by atoms with Crippen molar-refractivity contribution in [1.82, 2.24) is 0 Å². The number of nitro benzene ring substituents is 1. The normalized spacial score (nSPS) is 10.2. The molecular weight excluding hydrogens is 260 g/mol. The van der Waals surface area contributed by atoms with Crippen LogP contribution in [0.25, 0.3) is 0 Å². The highest BCUT2D eigenvalue weighted by molar-refractivity contribution is 6.40. The predicted octanol–water partition coefficient (Wildman–Crippen LogP) is 3.63. The summed E-state index contributed by atoms with van der Waals surface area (Å²) < 4.78 is 13.2. The molecule has 0 heterocycles. The van der Waals surface area contributed by atoms with E-state index in [0.29, 0.717) is 0 Å². The Bertz CT molecular complexity index is 476. The van der Waals surface area contributed by atoms with Gasteiger partial charge in [-0.25, -0.2) is 4.39 Å². The summed E-state index contributed by atoms with van der Waals surface area (Å²) in [7, 11) is 0. The summed E-state index contributed by atoms with van der Waals surface area (Å²) in [6.07, 6.45) is 0.0674. The van der Waals surface area contributed by atoms with Gasteiger partial charge in [-0.05, 0) is 6.07 Å². The van der Waals surface area contributed by atoms with Crippen LogP contribution in [0.4, 0.5) is 10.1 Å². The first kappa shape index (κ1) is 12.9. The minimum atomic E-state index is -1.03. The van der Waals surface area contributed by atoms with Gasteiger partial charge in [0.15, 0.2) is 10.8 Å². The quantitative estimate of drug-likeness (QED) is 0.363. The fraction of sp³-hybridized carbons (Fsp3) is 0.222. The molecule has 0 spiro atoms. The van der Waals surface area contributed by atoms with Gasteiger partial charge in [0, 0.05) is 12.0 Å². The number of rotatable bonds is 3. The minimum Gasteiger partial charge on any atom is -0.294 e. The van der Waals surface area contributed by atoms with Gasteiger partial charge in [-0.15, -0.1) is 0 Å². The Balaban J connectivity index is 3.56. The third kappa shape index (κ3) is 2.15. The van der Waals surface area contributed by atoms with Crippen LogP contribution >= 0.6 is 23.2 Å². The van der Waals surface area contributed by atoms with Gasteiger partial charge in [-0.1, -0.05) is 30.1 Å². The van der Waals surface area contributed by atoms with Gasteiger partial charge in [0.2, 0.25) is 0 Å². The average molecular weight is 266 g/mol. The Kier molecular flexibility index (Phi) is 3.83. The van der Waals surface area contributed by atoms with Crippen LogP contribution in [0.5, 0.6) is 0 Å². The first-order chi connectivity index (χ1) is 7.40. The highest BCUT2D eigenvalue weighted by Crippen LogP contribution is 2.37. The number of benzene rings is 1. The fourth-order valence-electron chi connectivity index (χ4n) is 1.14. The highest BCUT2D eigenvalue weighted by atomic mass is 35.5. The number of carbonyl (C=O) groups excluding carboxylic acids is 1. The lowest BCUT2D eigenvalue weighted by molar-refractivity contribution is -0.384. The third-order valence-electron chi connectivity index (χ3n) is 1.94. The molecule has 16 heavy (non-hydrogen) atoms. The van der Waals surface area contributed by atoms with E-state index in [0.717, 1.165) is 6.07 Å². The van der Waals surface area contributed by atoms with Crippen LogP contribution in [-0.2, 0) is 0 Å². The van der Waals surface area contributed by atoms with Crippen molar-refractivity contribution in [2.75, 3.05) is 0 Å². The van der Waals surface area contributed by atoms with Crippen LogP contribution in [0.3, 0.4) is 0 Å². The lowest BCUT2D eigenvalue weighted by Gasteiger charge is -2.05. The molecule has 0 amide bonds. The third-order valence-corrected chi connectivity index (χ3v) is 2.68. The Hall–Kier alpha value is -1.20. The topological polar surface area (TPSA) is 60.2 Å². The molecule has 0 radical (unpaired) electrons. The Labute approximate surface area is 100 Å². The first-order valence-corrected chi connectivity index (χ1v) is 5.00. The zero-order valence-corrected chi connectivity index (χ0v) is 9.60. The van der Waals surface area contributed by atoms with E-state index in [9.17, 15) is 19.3 Å². The number of nitrogens with zero attached hydrogens (tertiary/aromatic N) is 1. The lowest BCUT2D eigenvalue weighted by Crippen LogP contribution is -2.03. The molecule has 7 heteroatoms. The fourth-order valence-corrected chi connectivity index (χ4v) is 1.73. The monoisotopic (exact) mass is 265 g/mol. The maximum absolute atomic E-state index is 13.2. The molecule has 0 unspecified atom stereocenters. The second-order valence-corrected chi connectivity index (χ2v) is 3.67. The second kappa shape index (κ2) is 4.76. The van der Waals surface area contributed by atoms with Crippen molar-refractivity contribution in [3.8, 4) is 0 Å². The van der Waals surface area contributed by atoms with Gasteiger partial charge >= 0.3 is 5.69 Å². The molecule has 0 fully saturated rings. The van der Waals surface area contributed by atoms with Crippen LogP contribution in [0.1, 0.15) is 23.7 Å². The molecular formula is C9H6Cl2FNO3. The van der Waals surface area contributed by atoms with Crippen molar-refractivity contribution >= 4 is 34.7 Å². The summed E-state index contributed by atoms with van der Waals surface area (Å²) in [5.41, 5.74) is -1.00. The number of nitro groups is 1. The van der Waals surface area contributed by atoms with E-state index in [4.69, 9.17) is 23.2 Å². The summed E-state index contributed by atoms with van der Waals surface area (Å²) in [5.74, 6) is -1.52. The van der Waals surface area contributed by atoms with Crippen molar-refractivity contribution in [1.29, 1.82) is 0 Å². The predicted molar refractivity (Wildman–Crippen MR) is 57.7 cm³/mol. The maximum atomic E-state index is 13.2. The number of ketones is 1. The molecule has 0 N–H and O–H groups in total. The van der Waals surface area contributed by atoms with E-state index in [1.54, 1.807) is 0 Å². The molecule has 0 saturated heterocycles. The van der Waals surface area contributed by atoms with Crippen LogP contribution < -0.4 is 0 Å². The van der Waals surface area contributed by atoms with Gasteiger partial charge in [-0.2, -0.15) is 0 Å². The summed E-state index contributed by atoms with van der Waals surface area (Å²) >= 11 is 11.0. The van der Waals surface area contributed by atoms with Gasteiger partial charge in [-0.3, -0.25) is 14.9 Å². The molecule has 1 aromatic carbocycles. The van der Waals surface area contributed by atoms with E-state index >= 15 is 0 Å². The molecule has 1 rings (SSSR count). The van der Waals surface area contributed by atoms with Crippen LogP contribution in [0.15, 0.2) is 6.07 Å². The van der Waals surface area contributed by atoms with Crippen molar-refractivity contribution in [3.05, 3.63) is 37.6 Å². The van der Waals surface area contributed by atoms with E-state index in [-0.39, 0.29) is 12.0 Å². The van der Waals surface area contributed by atoms with Gasteiger partial charge < -0.3 is 0 Å². The van der Waals surface area contributed by atoms with Gasteiger partial charge in [0.05, 0.1) is 4.92 Å². The molecule has 0 aromatic heterocycles. The van der Waals surface area contributed by atoms with Crippen molar-refractivity contribution < 1.29 is 14.1 Å². The van der Waals surface area contributed by atoms with Crippen molar-refractivity contribution in [2.24, 2.45) is 0 Å².